The fourth-order valence-corrected chi connectivity index (χ4v) is 2.99. The Labute approximate surface area is 122 Å². The molecular weight excluding hydrogens is 276 g/mol. The lowest BCUT2D eigenvalue weighted by molar-refractivity contribution is -0.122. The van der Waals surface area contributed by atoms with E-state index in [2.05, 4.69) is 20.5 Å². The average molecular weight is 296 g/mol. The van der Waals surface area contributed by atoms with Gasteiger partial charge in [0, 0.05) is 26.2 Å². The van der Waals surface area contributed by atoms with Crippen LogP contribution in [0.5, 0.6) is 0 Å². The van der Waals surface area contributed by atoms with Crippen LogP contribution in [0.4, 0.5) is 0 Å². The number of aromatic nitrogens is 1. The monoisotopic (exact) mass is 296 g/mol. The maximum absolute atomic E-state index is 12.1. The Bertz CT molecular complexity index is 480. The zero-order chi connectivity index (χ0) is 14.5. The largest absolute Gasteiger partial charge is 0.358 e. The molecule has 0 radical (unpaired) electrons. The highest BCUT2D eigenvalue weighted by molar-refractivity contribution is 7.11. The van der Waals surface area contributed by atoms with Gasteiger partial charge in [0.15, 0.2) is 0 Å². The summed E-state index contributed by atoms with van der Waals surface area (Å²) >= 11 is 1.37. The minimum atomic E-state index is -0.0326. The van der Waals surface area contributed by atoms with Crippen molar-refractivity contribution >= 4 is 23.2 Å². The highest BCUT2D eigenvalue weighted by atomic mass is 32.1. The van der Waals surface area contributed by atoms with Crippen LogP contribution in [0.15, 0.2) is 5.51 Å². The SMILES string of the molecule is CNC(=O)CN1CCC(NC(=O)c2scnc2C)CC1. The number of rotatable bonds is 4. The number of likely N-dealkylation sites (tertiary alicyclic amines) is 1. The molecule has 0 saturated carbocycles. The molecule has 0 spiro atoms. The normalized spacial score (nSPS) is 16.9. The summed E-state index contributed by atoms with van der Waals surface area (Å²) in [6.45, 7) is 3.95. The predicted molar refractivity (Wildman–Crippen MR) is 77.8 cm³/mol. The Morgan fingerprint density at radius 1 is 1.45 bits per heavy atom. The van der Waals surface area contributed by atoms with Gasteiger partial charge in [-0.2, -0.15) is 0 Å². The van der Waals surface area contributed by atoms with Gasteiger partial charge < -0.3 is 10.6 Å². The van der Waals surface area contributed by atoms with Gasteiger partial charge >= 0.3 is 0 Å². The first kappa shape index (κ1) is 14.9. The molecule has 0 unspecified atom stereocenters. The zero-order valence-electron chi connectivity index (χ0n) is 11.8. The van der Waals surface area contributed by atoms with Crippen molar-refractivity contribution in [3.63, 3.8) is 0 Å². The van der Waals surface area contributed by atoms with Crippen LogP contribution in [0.2, 0.25) is 0 Å². The van der Waals surface area contributed by atoms with Crippen molar-refractivity contribution in [3.05, 3.63) is 16.1 Å². The molecule has 20 heavy (non-hydrogen) atoms. The number of carbonyl (C=O) groups is 2. The predicted octanol–water partition coefficient (Wildman–Crippen LogP) is 0.392. The number of carbonyl (C=O) groups excluding carboxylic acids is 2. The summed E-state index contributed by atoms with van der Waals surface area (Å²) in [7, 11) is 1.65. The van der Waals surface area contributed by atoms with Gasteiger partial charge in [-0.1, -0.05) is 0 Å². The molecule has 2 amide bonds. The number of likely N-dealkylation sites (N-methyl/N-ethyl adjacent to an activating group) is 1. The van der Waals surface area contributed by atoms with Crippen molar-refractivity contribution in [1.29, 1.82) is 0 Å². The lowest BCUT2D eigenvalue weighted by atomic mass is 10.0. The van der Waals surface area contributed by atoms with Crippen LogP contribution >= 0.6 is 11.3 Å². The molecule has 1 aliphatic rings. The average Bonchev–Trinajstić information content (AvgIpc) is 2.87. The van der Waals surface area contributed by atoms with Crippen LogP contribution in [0.1, 0.15) is 28.2 Å². The first-order valence-corrected chi connectivity index (χ1v) is 7.62. The third kappa shape index (κ3) is 3.77. The van der Waals surface area contributed by atoms with Crippen molar-refractivity contribution in [1.82, 2.24) is 20.5 Å². The van der Waals surface area contributed by atoms with Crippen molar-refractivity contribution in [3.8, 4) is 0 Å². The molecule has 0 bridgehead atoms. The van der Waals surface area contributed by atoms with E-state index in [1.807, 2.05) is 6.92 Å². The fraction of sp³-hybridized carbons (Fsp3) is 0.615. The summed E-state index contributed by atoms with van der Waals surface area (Å²) < 4.78 is 0. The third-order valence-corrected chi connectivity index (χ3v) is 4.45. The molecule has 2 N–H and O–H groups in total. The van der Waals surface area contributed by atoms with E-state index in [0.717, 1.165) is 31.6 Å². The molecule has 6 nitrogen and oxygen atoms in total. The summed E-state index contributed by atoms with van der Waals surface area (Å²) in [6.07, 6.45) is 1.75. The van der Waals surface area contributed by atoms with Crippen molar-refractivity contribution in [2.75, 3.05) is 26.7 Å². The molecular formula is C13H20N4O2S. The Morgan fingerprint density at radius 2 is 2.15 bits per heavy atom. The quantitative estimate of drug-likeness (QED) is 0.843. The fourth-order valence-electron chi connectivity index (χ4n) is 2.29. The molecule has 110 valence electrons. The number of thiazole rings is 1. The topological polar surface area (TPSA) is 74.3 Å². The Kier molecular flexibility index (Phi) is 5.08. The Morgan fingerprint density at radius 3 is 2.70 bits per heavy atom. The summed E-state index contributed by atoms with van der Waals surface area (Å²) in [5.41, 5.74) is 2.47. The number of hydrogen-bond donors (Lipinski definition) is 2. The van der Waals surface area contributed by atoms with Gasteiger partial charge in [-0.3, -0.25) is 14.5 Å². The van der Waals surface area contributed by atoms with E-state index >= 15 is 0 Å². The molecule has 1 fully saturated rings. The maximum Gasteiger partial charge on any atom is 0.263 e. The number of amides is 2. The maximum atomic E-state index is 12.1. The number of aryl methyl sites for hydroxylation is 1. The zero-order valence-corrected chi connectivity index (χ0v) is 12.6. The van der Waals surface area contributed by atoms with Crippen LogP contribution in [-0.2, 0) is 4.79 Å². The van der Waals surface area contributed by atoms with E-state index in [9.17, 15) is 9.59 Å². The van der Waals surface area contributed by atoms with Gasteiger partial charge in [0.25, 0.3) is 5.91 Å². The minimum Gasteiger partial charge on any atom is -0.358 e. The van der Waals surface area contributed by atoms with Crippen LogP contribution < -0.4 is 10.6 Å². The Balaban J connectivity index is 1.79. The molecule has 1 aromatic heterocycles. The van der Waals surface area contributed by atoms with Gasteiger partial charge in [0.05, 0.1) is 17.7 Å². The van der Waals surface area contributed by atoms with Gasteiger partial charge in [-0.25, -0.2) is 4.98 Å². The first-order chi connectivity index (χ1) is 9.60. The van der Waals surface area contributed by atoms with Gasteiger partial charge in [-0.05, 0) is 19.8 Å². The molecule has 1 saturated heterocycles. The van der Waals surface area contributed by atoms with E-state index in [-0.39, 0.29) is 17.9 Å². The molecule has 0 aliphatic carbocycles. The summed E-state index contributed by atoms with van der Waals surface area (Å²) in [4.78, 5) is 30.3. The highest BCUT2D eigenvalue weighted by Crippen LogP contribution is 2.15. The van der Waals surface area contributed by atoms with E-state index < -0.39 is 0 Å². The lowest BCUT2D eigenvalue weighted by Crippen LogP contribution is -2.47. The number of nitrogens with one attached hydrogen (secondary N) is 2. The van der Waals surface area contributed by atoms with Crippen molar-refractivity contribution in [2.45, 2.75) is 25.8 Å². The second kappa shape index (κ2) is 6.81. The second-order valence-electron chi connectivity index (χ2n) is 4.96. The number of hydrogen-bond acceptors (Lipinski definition) is 5. The smallest absolute Gasteiger partial charge is 0.263 e. The van der Waals surface area contributed by atoms with E-state index in [1.165, 1.54) is 11.3 Å². The van der Waals surface area contributed by atoms with Crippen molar-refractivity contribution < 1.29 is 9.59 Å². The van der Waals surface area contributed by atoms with E-state index in [1.54, 1.807) is 12.6 Å². The lowest BCUT2D eigenvalue weighted by Gasteiger charge is -2.31. The Hall–Kier alpha value is -1.47. The molecule has 0 atom stereocenters. The van der Waals surface area contributed by atoms with Crippen LogP contribution in [0.25, 0.3) is 0 Å². The molecule has 1 aliphatic heterocycles. The van der Waals surface area contributed by atoms with Gasteiger partial charge in [0.2, 0.25) is 5.91 Å². The van der Waals surface area contributed by atoms with Crippen LogP contribution in [0.3, 0.4) is 0 Å². The summed E-state index contributed by atoms with van der Waals surface area (Å²) in [5, 5.41) is 5.68. The van der Waals surface area contributed by atoms with Crippen LogP contribution in [0, 0.1) is 6.92 Å². The standard InChI is InChI=1S/C13H20N4O2S/c1-9-12(20-8-15-9)13(19)16-10-3-5-17(6-4-10)7-11(18)14-2/h8,10H,3-7H2,1-2H3,(H,14,18)(H,16,19). The number of nitrogens with zero attached hydrogens (tertiary/aromatic N) is 2. The minimum absolute atomic E-state index is 0.0326. The number of piperidine rings is 1. The second-order valence-corrected chi connectivity index (χ2v) is 5.82. The third-order valence-electron chi connectivity index (χ3n) is 3.52. The molecule has 0 aromatic carbocycles. The molecule has 7 heteroatoms. The van der Waals surface area contributed by atoms with Gasteiger partial charge in [0.1, 0.15) is 4.88 Å². The highest BCUT2D eigenvalue weighted by Gasteiger charge is 2.23. The molecule has 2 heterocycles. The summed E-state index contributed by atoms with van der Waals surface area (Å²) in [6, 6.07) is 0.185. The van der Waals surface area contributed by atoms with E-state index in [0.29, 0.717) is 11.4 Å². The van der Waals surface area contributed by atoms with Crippen LogP contribution in [-0.4, -0.2) is 54.4 Å². The first-order valence-electron chi connectivity index (χ1n) is 6.74. The summed E-state index contributed by atoms with van der Waals surface area (Å²) in [5.74, 6) is 0.00233. The van der Waals surface area contributed by atoms with Crippen molar-refractivity contribution in [2.24, 2.45) is 0 Å². The molecule has 1 aromatic rings. The molecule has 2 rings (SSSR count). The van der Waals surface area contributed by atoms with E-state index in [4.69, 9.17) is 0 Å². The van der Waals surface area contributed by atoms with Gasteiger partial charge in [-0.15, -0.1) is 11.3 Å².